The highest BCUT2D eigenvalue weighted by molar-refractivity contribution is 7.99. The number of aromatic nitrogens is 3. The lowest BCUT2D eigenvalue weighted by Crippen LogP contribution is -2.24. The summed E-state index contributed by atoms with van der Waals surface area (Å²) in [6.07, 6.45) is -1.83. The number of rotatable bonds is 10. The quantitative estimate of drug-likeness (QED) is 0.261. The molecular formula is C21H20F3N5O3S. The molecule has 0 spiro atoms. The zero-order valence-corrected chi connectivity index (χ0v) is 18.1. The summed E-state index contributed by atoms with van der Waals surface area (Å²) in [5, 5.41) is 11.5. The molecular weight excluding hydrogens is 459 g/mol. The number of carbonyl (C=O) groups excluding carboxylic acids is 1. The summed E-state index contributed by atoms with van der Waals surface area (Å²) in [6.45, 7) is -1.11. The van der Waals surface area contributed by atoms with Crippen molar-refractivity contribution >= 4 is 28.7 Å². The van der Waals surface area contributed by atoms with Gasteiger partial charge >= 0.3 is 6.18 Å². The summed E-state index contributed by atoms with van der Waals surface area (Å²) < 4.78 is 43.2. The third kappa shape index (κ3) is 6.76. The summed E-state index contributed by atoms with van der Waals surface area (Å²) in [6, 6.07) is 9.29. The van der Waals surface area contributed by atoms with Crippen LogP contribution < -0.4 is 15.6 Å². The van der Waals surface area contributed by atoms with Crippen LogP contribution in [0, 0.1) is 11.3 Å². The number of amides is 1. The number of ether oxygens (including phenoxy) is 1. The van der Waals surface area contributed by atoms with E-state index in [2.05, 4.69) is 15.3 Å². The van der Waals surface area contributed by atoms with Crippen molar-refractivity contribution in [3.63, 3.8) is 0 Å². The number of hydrogen-bond donors (Lipinski definition) is 2. The standard InChI is InChI=1S/C21H20F3N5O3S/c22-21(23,24)13-32-15-6-4-14(5-7-15)29-19(31)18-16(8-11-27-18)28-20(29)33-12-1-3-17(30)26-10-2-9-25/h4-8,11,27H,1-3,10,12-13H2,(H,26,30). The second-order valence-corrected chi connectivity index (χ2v) is 7.94. The number of thioether (sulfide) groups is 1. The maximum Gasteiger partial charge on any atom is 0.422 e. The van der Waals surface area contributed by atoms with E-state index in [4.69, 9.17) is 10.00 Å². The smallest absolute Gasteiger partial charge is 0.422 e. The van der Waals surface area contributed by atoms with Gasteiger partial charge in [0.05, 0.1) is 23.7 Å². The van der Waals surface area contributed by atoms with E-state index in [0.29, 0.717) is 40.6 Å². The molecule has 0 aliphatic rings. The highest BCUT2D eigenvalue weighted by atomic mass is 32.2. The maximum atomic E-state index is 13.0. The number of hydrogen-bond acceptors (Lipinski definition) is 6. The average Bonchev–Trinajstić information content (AvgIpc) is 3.25. The van der Waals surface area contributed by atoms with Crippen LogP contribution in [0.15, 0.2) is 46.5 Å². The summed E-state index contributed by atoms with van der Waals surface area (Å²) in [7, 11) is 0. The molecule has 0 aliphatic heterocycles. The Labute approximate surface area is 190 Å². The molecule has 2 aromatic heterocycles. The third-order valence-electron chi connectivity index (χ3n) is 4.39. The number of carbonyl (C=O) groups is 1. The molecule has 0 unspecified atom stereocenters. The second-order valence-electron chi connectivity index (χ2n) is 6.88. The average molecular weight is 479 g/mol. The molecule has 0 saturated heterocycles. The van der Waals surface area contributed by atoms with Crippen molar-refractivity contribution in [1.29, 1.82) is 5.26 Å². The first-order chi connectivity index (χ1) is 15.8. The van der Waals surface area contributed by atoms with E-state index in [-0.39, 0.29) is 30.1 Å². The number of nitrogens with one attached hydrogen (secondary N) is 2. The van der Waals surface area contributed by atoms with Crippen LogP contribution in [0.1, 0.15) is 19.3 Å². The van der Waals surface area contributed by atoms with Gasteiger partial charge in [-0.05, 0) is 36.8 Å². The van der Waals surface area contributed by atoms with Crippen molar-refractivity contribution in [2.24, 2.45) is 0 Å². The lowest BCUT2D eigenvalue weighted by Gasteiger charge is -2.13. The molecule has 0 aliphatic carbocycles. The van der Waals surface area contributed by atoms with Crippen LogP contribution >= 0.6 is 11.8 Å². The molecule has 2 N–H and O–H groups in total. The van der Waals surface area contributed by atoms with Gasteiger partial charge in [0.15, 0.2) is 11.8 Å². The number of aromatic amines is 1. The van der Waals surface area contributed by atoms with E-state index in [1.165, 1.54) is 40.6 Å². The molecule has 8 nitrogen and oxygen atoms in total. The Balaban J connectivity index is 1.75. The number of halogens is 3. The van der Waals surface area contributed by atoms with Gasteiger partial charge in [-0.15, -0.1) is 0 Å². The Morgan fingerprint density at radius 1 is 1.27 bits per heavy atom. The highest BCUT2D eigenvalue weighted by Gasteiger charge is 2.28. The monoisotopic (exact) mass is 479 g/mol. The molecule has 12 heteroatoms. The van der Waals surface area contributed by atoms with Crippen molar-refractivity contribution in [3.8, 4) is 17.5 Å². The summed E-state index contributed by atoms with van der Waals surface area (Å²) in [5.74, 6) is 0.363. The predicted octanol–water partition coefficient (Wildman–Crippen LogP) is 3.56. The fraction of sp³-hybridized carbons (Fsp3) is 0.333. The first kappa shape index (κ1) is 24.2. The van der Waals surface area contributed by atoms with E-state index < -0.39 is 12.8 Å². The lowest BCUT2D eigenvalue weighted by molar-refractivity contribution is -0.153. The van der Waals surface area contributed by atoms with Crippen LogP contribution in [0.3, 0.4) is 0 Å². The van der Waals surface area contributed by atoms with Crippen LogP contribution in [0.4, 0.5) is 13.2 Å². The molecule has 174 valence electrons. The summed E-state index contributed by atoms with van der Waals surface area (Å²) in [4.78, 5) is 32.2. The Kier molecular flexibility index (Phi) is 8.00. The minimum absolute atomic E-state index is 0.0228. The Hall–Kier alpha value is -3.46. The van der Waals surface area contributed by atoms with Gasteiger partial charge in [0.25, 0.3) is 5.56 Å². The number of nitriles is 1. The highest BCUT2D eigenvalue weighted by Crippen LogP contribution is 2.24. The second kappa shape index (κ2) is 10.9. The van der Waals surface area contributed by atoms with Crippen molar-refractivity contribution < 1.29 is 22.7 Å². The lowest BCUT2D eigenvalue weighted by atomic mass is 10.3. The van der Waals surface area contributed by atoms with E-state index in [1.807, 2.05) is 6.07 Å². The number of fused-ring (bicyclic) bond motifs is 1. The van der Waals surface area contributed by atoms with Crippen LogP contribution in [0.25, 0.3) is 16.7 Å². The van der Waals surface area contributed by atoms with Crippen LogP contribution in [-0.4, -0.2) is 45.5 Å². The van der Waals surface area contributed by atoms with Crippen molar-refractivity contribution in [3.05, 3.63) is 46.9 Å². The number of nitrogens with zero attached hydrogens (tertiary/aromatic N) is 3. The van der Waals surface area contributed by atoms with Gasteiger partial charge < -0.3 is 15.0 Å². The Bertz CT molecular complexity index is 1200. The molecule has 0 saturated carbocycles. The molecule has 1 amide bonds. The minimum Gasteiger partial charge on any atom is -0.484 e. The van der Waals surface area contributed by atoms with Gasteiger partial charge in [-0.2, -0.15) is 18.4 Å². The Morgan fingerprint density at radius 3 is 2.73 bits per heavy atom. The molecule has 0 fully saturated rings. The third-order valence-corrected chi connectivity index (χ3v) is 5.41. The zero-order valence-electron chi connectivity index (χ0n) is 17.3. The van der Waals surface area contributed by atoms with Gasteiger partial charge in [-0.1, -0.05) is 11.8 Å². The van der Waals surface area contributed by atoms with Gasteiger partial charge in [-0.3, -0.25) is 14.2 Å². The van der Waals surface area contributed by atoms with E-state index in [9.17, 15) is 22.8 Å². The molecule has 0 radical (unpaired) electrons. The normalized spacial score (nSPS) is 11.3. The Morgan fingerprint density at radius 2 is 2.03 bits per heavy atom. The molecule has 3 rings (SSSR count). The SMILES string of the molecule is N#CCCNC(=O)CCCSc1nc2cc[nH]c2c(=O)n1-c1ccc(OCC(F)(F)F)cc1. The van der Waals surface area contributed by atoms with E-state index in [0.717, 1.165) is 0 Å². The van der Waals surface area contributed by atoms with Crippen molar-refractivity contribution in [1.82, 2.24) is 19.9 Å². The molecule has 1 aromatic carbocycles. The molecule has 2 heterocycles. The molecule has 3 aromatic rings. The topological polar surface area (TPSA) is 113 Å². The number of H-pyrrole nitrogens is 1. The van der Waals surface area contributed by atoms with Crippen LogP contribution in [0.5, 0.6) is 5.75 Å². The van der Waals surface area contributed by atoms with Crippen molar-refractivity contribution in [2.75, 3.05) is 18.9 Å². The van der Waals surface area contributed by atoms with Crippen LogP contribution in [-0.2, 0) is 4.79 Å². The fourth-order valence-corrected chi connectivity index (χ4v) is 3.85. The van der Waals surface area contributed by atoms with E-state index in [1.54, 1.807) is 12.3 Å². The first-order valence-electron chi connectivity index (χ1n) is 9.95. The molecule has 0 atom stereocenters. The van der Waals surface area contributed by atoms with Crippen molar-refractivity contribution in [2.45, 2.75) is 30.6 Å². The largest absolute Gasteiger partial charge is 0.484 e. The number of benzene rings is 1. The van der Waals surface area contributed by atoms with Crippen LogP contribution in [0.2, 0.25) is 0 Å². The predicted molar refractivity (Wildman–Crippen MR) is 116 cm³/mol. The van der Waals surface area contributed by atoms with Gasteiger partial charge in [-0.25, -0.2) is 4.98 Å². The van der Waals surface area contributed by atoms with Gasteiger partial charge in [0, 0.05) is 24.9 Å². The maximum absolute atomic E-state index is 13.0. The first-order valence-corrected chi connectivity index (χ1v) is 10.9. The zero-order chi connectivity index (χ0) is 23.8. The number of alkyl halides is 3. The summed E-state index contributed by atoms with van der Waals surface area (Å²) >= 11 is 1.29. The summed E-state index contributed by atoms with van der Waals surface area (Å²) in [5.41, 5.74) is 0.845. The molecule has 0 bridgehead atoms. The van der Waals surface area contributed by atoms with Gasteiger partial charge in [0.1, 0.15) is 11.3 Å². The molecule has 33 heavy (non-hydrogen) atoms. The fourth-order valence-electron chi connectivity index (χ4n) is 2.90. The van der Waals surface area contributed by atoms with Gasteiger partial charge in [0.2, 0.25) is 5.91 Å². The van der Waals surface area contributed by atoms with E-state index >= 15 is 0 Å². The minimum atomic E-state index is -4.45.